The molecule has 0 radical (unpaired) electrons. The quantitative estimate of drug-likeness (QED) is 0.830. The van der Waals surface area contributed by atoms with E-state index in [0.717, 1.165) is 29.0 Å². The first-order chi connectivity index (χ1) is 12.5. The summed E-state index contributed by atoms with van der Waals surface area (Å²) in [6.07, 6.45) is 3.45. The lowest BCUT2D eigenvalue weighted by Gasteiger charge is -2.34. The van der Waals surface area contributed by atoms with Gasteiger partial charge in [-0.05, 0) is 49.4 Å². The first-order valence-corrected chi connectivity index (χ1v) is 9.08. The molecule has 0 spiro atoms. The van der Waals surface area contributed by atoms with Crippen LogP contribution < -0.4 is 5.32 Å². The van der Waals surface area contributed by atoms with Gasteiger partial charge in [-0.2, -0.15) is 0 Å². The Morgan fingerprint density at radius 1 is 1.00 bits per heavy atom. The average Bonchev–Trinajstić information content (AvgIpc) is 2.61. The third-order valence-corrected chi connectivity index (χ3v) is 5.36. The maximum Gasteiger partial charge on any atom is 0.162 e. The molecule has 0 aromatic heterocycles. The topological polar surface area (TPSA) is 49.3 Å². The van der Waals surface area contributed by atoms with E-state index in [4.69, 9.17) is 0 Å². The predicted octanol–water partition coefficient (Wildman–Crippen LogP) is 4.69. The minimum Gasteiger partial charge on any atom is -0.508 e. The second kappa shape index (κ2) is 6.49. The summed E-state index contributed by atoms with van der Waals surface area (Å²) in [5.41, 5.74) is 6.34. The van der Waals surface area contributed by atoms with Gasteiger partial charge in [0, 0.05) is 29.3 Å². The molecule has 26 heavy (non-hydrogen) atoms. The molecule has 1 aliphatic heterocycles. The van der Waals surface area contributed by atoms with Crippen LogP contribution in [0.2, 0.25) is 0 Å². The molecule has 3 heteroatoms. The third-order valence-electron chi connectivity index (χ3n) is 5.36. The van der Waals surface area contributed by atoms with Gasteiger partial charge in [0.05, 0.1) is 0 Å². The van der Waals surface area contributed by atoms with Crippen molar-refractivity contribution in [2.75, 3.05) is 0 Å². The second-order valence-electron chi connectivity index (χ2n) is 7.38. The molecule has 3 nitrogen and oxygen atoms in total. The SMILES string of the molecule is CC1=CC(c2cccc(O)c2)C2=C(CC(c3ccc(C)cc3)CC2=O)N1. The zero-order valence-corrected chi connectivity index (χ0v) is 15.1. The lowest BCUT2D eigenvalue weighted by Crippen LogP contribution is -2.31. The number of hydrogen-bond donors (Lipinski definition) is 2. The lowest BCUT2D eigenvalue weighted by molar-refractivity contribution is -0.116. The number of hydrogen-bond acceptors (Lipinski definition) is 3. The van der Waals surface area contributed by atoms with Crippen molar-refractivity contribution in [3.05, 3.63) is 88.3 Å². The highest BCUT2D eigenvalue weighted by atomic mass is 16.3. The number of carbonyl (C=O) groups excluding carboxylic acids is 1. The van der Waals surface area contributed by atoms with Crippen LogP contribution in [0.15, 0.2) is 71.6 Å². The van der Waals surface area contributed by atoms with Crippen LogP contribution in [-0.2, 0) is 4.79 Å². The number of Topliss-reactive ketones (excluding diaryl/α,β-unsaturated/α-hetero) is 1. The summed E-state index contributed by atoms with van der Waals surface area (Å²) < 4.78 is 0. The molecule has 2 unspecified atom stereocenters. The highest BCUT2D eigenvalue weighted by molar-refractivity contribution is 6.00. The Morgan fingerprint density at radius 3 is 2.50 bits per heavy atom. The number of dihydropyridines is 1. The summed E-state index contributed by atoms with van der Waals surface area (Å²) >= 11 is 0. The Morgan fingerprint density at radius 2 is 1.77 bits per heavy atom. The fraction of sp³-hybridized carbons (Fsp3) is 0.261. The summed E-state index contributed by atoms with van der Waals surface area (Å²) in [6.45, 7) is 4.10. The molecule has 2 aromatic rings. The molecule has 2 aliphatic rings. The van der Waals surface area contributed by atoms with Crippen LogP contribution in [0.25, 0.3) is 0 Å². The van der Waals surface area contributed by atoms with Crippen LogP contribution >= 0.6 is 0 Å². The molecule has 0 bridgehead atoms. The van der Waals surface area contributed by atoms with Crippen LogP contribution in [-0.4, -0.2) is 10.9 Å². The van der Waals surface area contributed by atoms with Gasteiger partial charge in [0.15, 0.2) is 5.78 Å². The normalized spacial score (nSPS) is 22.5. The summed E-state index contributed by atoms with van der Waals surface area (Å²) in [7, 11) is 0. The van der Waals surface area contributed by atoms with Gasteiger partial charge in [-0.3, -0.25) is 4.79 Å². The molecular weight excluding hydrogens is 322 g/mol. The van der Waals surface area contributed by atoms with E-state index in [0.29, 0.717) is 6.42 Å². The van der Waals surface area contributed by atoms with E-state index in [1.54, 1.807) is 12.1 Å². The largest absolute Gasteiger partial charge is 0.508 e. The highest BCUT2D eigenvalue weighted by Gasteiger charge is 2.35. The maximum atomic E-state index is 13.1. The van der Waals surface area contributed by atoms with E-state index in [9.17, 15) is 9.90 Å². The Hall–Kier alpha value is -2.81. The predicted molar refractivity (Wildman–Crippen MR) is 103 cm³/mol. The summed E-state index contributed by atoms with van der Waals surface area (Å²) in [6, 6.07) is 15.7. The number of benzene rings is 2. The second-order valence-corrected chi connectivity index (χ2v) is 7.38. The number of ketones is 1. The first-order valence-electron chi connectivity index (χ1n) is 9.08. The first kappa shape index (κ1) is 16.6. The van der Waals surface area contributed by atoms with Crippen molar-refractivity contribution >= 4 is 5.78 Å². The van der Waals surface area contributed by atoms with E-state index in [1.807, 2.05) is 19.1 Å². The van der Waals surface area contributed by atoms with Gasteiger partial charge in [0.1, 0.15) is 5.75 Å². The van der Waals surface area contributed by atoms with Crippen molar-refractivity contribution in [2.24, 2.45) is 0 Å². The Bertz CT molecular complexity index is 921. The number of nitrogens with one attached hydrogen (secondary N) is 1. The van der Waals surface area contributed by atoms with Crippen LogP contribution in [0.5, 0.6) is 5.75 Å². The molecule has 0 saturated carbocycles. The highest BCUT2D eigenvalue weighted by Crippen LogP contribution is 2.42. The minimum absolute atomic E-state index is 0.0928. The van der Waals surface area contributed by atoms with Crippen LogP contribution in [0.3, 0.4) is 0 Å². The molecule has 2 N–H and O–H groups in total. The fourth-order valence-corrected chi connectivity index (χ4v) is 4.08. The van der Waals surface area contributed by atoms with E-state index < -0.39 is 0 Å². The van der Waals surface area contributed by atoms with Gasteiger partial charge < -0.3 is 10.4 Å². The Kier molecular flexibility index (Phi) is 4.15. The van der Waals surface area contributed by atoms with Crippen molar-refractivity contribution < 1.29 is 9.90 Å². The van der Waals surface area contributed by atoms with Crippen molar-refractivity contribution in [1.29, 1.82) is 0 Å². The zero-order chi connectivity index (χ0) is 18.3. The van der Waals surface area contributed by atoms with Gasteiger partial charge in [-0.1, -0.05) is 48.0 Å². The molecule has 2 atom stereocenters. The number of phenols is 1. The molecular formula is C23H23NO2. The van der Waals surface area contributed by atoms with Gasteiger partial charge in [-0.25, -0.2) is 0 Å². The molecule has 4 rings (SSSR count). The zero-order valence-electron chi connectivity index (χ0n) is 15.1. The molecule has 0 amide bonds. The van der Waals surface area contributed by atoms with Gasteiger partial charge in [-0.15, -0.1) is 0 Å². The molecule has 0 saturated heterocycles. The van der Waals surface area contributed by atoms with E-state index >= 15 is 0 Å². The summed E-state index contributed by atoms with van der Waals surface area (Å²) in [5.74, 6) is 0.548. The average molecular weight is 345 g/mol. The summed E-state index contributed by atoms with van der Waals surface area (Å²) in [5, 5.41) is 13.3. The van der Waals surface area contributed by atoms with E-state index in [1.165, 1.54) is 11.1 Å². The van der Waals surface area contributed by atoms with E-state index in [2.05, 4.69) is 42.6 Å². The number of rotatable bonds is 2. The van der Waals surface area contributed by atoms with Gasteiger partial charge in [0.2, 0.25) is 0 Å². The number of phenolic OH excluding ortho intramolecular Hbond substituents is 1. The van der Waals surface area contributed by atoms with Gasteiger partial charge >= 0.3 is 0 Å². The summed E-state index contributed by atoms with van der Waals surface area (Å²) in [4.78, 5) is 13.1. The monoisotopic (exact) mass is 345 g/mol. The molecule has 0 fully saturated rings. The fourth-order valence-electron chi connectivity index (χ4n) is 4.08. The standard InChI is InChI=1S/C23H23NO2/c1-14-6-8-16(9-7-14)18-12-21-23(22(26)13-18)20(10-15(2)24-21)17-4-3-5-19(25)11-17/h3-11,18,20,24-25H,12-13H2,1-2H3. The molecule has 1 heterocycles. The Labute approximate surface area is 154 Å². The number of carbonyl (C=O) groups is 1. The number of allylic oxidation sites excluding steroid dienone is 4. The van der Waals surface area contributed by atoms with Crippen molar-refractivity contribution in [3.8, 4) is 5.75 Å². The lowest BCUT2D eigenvalue weighted by atomic mass is 9.74. The van der Waals surface area contributed by atoms with Gasteiger partial charge in [0.25, 0.3) is 0 Å². The van der Waals surface area contributed by atoms with Crippen molar-refractivity contribution in [2.45, 2.75) is 38.5 Å². The van der Waals surface area contributed by atoms with E-state index in [-0.39, 0.29) is 23.4 Å². The maximum absolute atomic E-state index is 13.1. The van der Waals surface area contributed by atoms with Crippen molar-refractivity contribution in [1.82, 2.24) is 5.32 Å². The molecule has 1 aliphatic carbocycles. The van der Waals surface area contributed by atoms with Crippen molar-refractivity contribution in [3.63, 3.8) is 0 Å². The van der Waals surface area contributed by atoms with Crippen LogP contribution in [0.4, 0.5) is 0 Å². The van der Waals surface area contributed by atoms with Crippen LogP contribution in [0, 0.1) is 6.92 Å². The Balaban J connectivity index is 1.71. The number of aromatic hydroxyl groups is 1. The van der Waals surface area contributed by atoms with Crippen LogP contribution in [0.1, 0.15) is 48.3 Å². The molecule has 2 aromatic carbocycles. The number of aryl methyl sites for hydroxylation is 1. The minimum atomic E-state index is -0.0928. The molecule has 132 valence electrons. The smallest absolute Gasteiger partial charge is 0.162 e. The third kappa shape index (κ3) is 3.05.